The summed E-state index contributed by atoms with van der Waals surface area (Å²) in [6.07, 6.45) is 10.8. The summed E-state index contributed by atoms with van der Waals surface area (Å²) < 4.78 is 5.59. The molecule has 0 saturated carbocycles. The van der Waals surface area contributed by atoms with Crippen LogP contribution in [-0.4, -0.2) is 18.8 Å². The molecule has 3 heteroatoms. The summed E-state index contributed by atoms with van der Waals surface area (Å²) in [5.74, 6) is 7.99. The second-order valence-electron chi connectivity index (χ2n) is 3.50. The highest BCUT2D eigenvalue weighted by Gasteiger charge is 2.17. The lowest BCUT2D eigenvalue weighted by atomic mass is 10.0. The molecule has 0 spiro atoms. The predicted octanol–water partition coefficient (Wildman–Crippen LogP) is 0.801. The van der Waals surface area contributed by atoms with Crippen LogP contribution in [0.4, 0.5) is 0 Å². The van der Waals surface area contributed by atoms with Gasteiger partial charge in [-0.25, -0.2) is 0 Å². The maximum atomic E-state index is 5.59. The van der Waals surface area contributed by atoms with Crippen molar-refractivity contribution in [2.45, 2.75) is 44.2 Å². The lowest BCUT2D eigenvalue weighted by molar-refractivity contribution is 0.00551. The first-order valence-corrected chi connectivity index (χ1v) is 4.88. The molecule has 0 aromatic rings. The first kappa shape index (κ1) is 10.5. The molecule has 0 amide bonds. The maximum Gasteiger partial charge on any atom is 0.0590 e. The van der Waals surface area contributed by atoms with E-state index in [9.17, 15) is 0 Å². The van der Waals surface area contributed by atoms with E-state index < -0.39 is 0 Å². The van der Waals surface area contributed by atoms with Crippen LogP contribution in [0.3, 0.4) is 0 Å². The maximum absolute atomic E-state index is 5.59. The first-order chi connectivity index (χ1) is 6.36. The normalized spacial score (nSPS) is 25.1. The zero-order valence-electron chi connectivity index (χ0n) is 7.96. The smallest absolute Gasteiger partial charge is 0.0590 e. The van der Waals surface area contributed by atoms with Crippen LogP contribution in [0.1, 0.15) is 32.1 Å². The van der Waals surface area contributed by atoms with E-state index in [2.05, 4.69) is 11.3 Å². The minimum atomic E-state index is 0.202. The minimum absolute atomic E-state index is 0.202. The van der Waals surface area contributed by atoms with Gasteiger partial charge in [-0.3, -0.25) is 11.3 Å². The molecular formula is C10H18N2O. The van der Waals surface area contributed by atoms with Crippen molar-refractivity contribution in [1.82, 2.24) is 5.43 Å². The Morgan fingerprint density at radius 1 is 1.62 bits per heavy atom. The lowest BCUT2D eigenvalue weighted by Crippen LogP contribution is -2.38. The molecule has 0 bridgehead atoms. The highest BCUT2D eigenvalue weighted by atomic mass is 16.5. The van der Waals surface area contributed by atoms with E-state index in [1.807, 2.05) is 0 Å². The van der Waals surface area contributed by atoms with Crippen molar-refractivity contribution >= 4 is 0 Å². The van der Waals surface area contributed by atoms with Gasteiger partial charge in [0.25, 0.3) is 0 Å². The average molecular weight is 182 g/mol. The molecular weight excluding hydrogens is 164 g/mol. The summed E-state index contributed by atoms with van der Waals surface area (Å²) in [5, 5.41) is 0. The van der Waals surface area contributed by atoms with Crippen LogP contribution in [-0.2, 0) is 4.74 Å². The Labute approximate surface area is 80.0 Å². The Bertz CT molecular complexity index is 170. The van der Waals surface area contributed by atoms with Gasteiger partial charge in [0.05, 0.1) is 6.10 Å². The number of nitrogens with one attached hydrogen (secondary N) is 1. The number of nitrogens with two attached hydrogens (primary N) is 1. The third-order valence-electron chi connectivity index (χ3n) is 2.42. The van der Waals surface area contributed by atoms with Crippen molar-refractivity contribution in [1.29, 1.82) is 0 Å². The fourth-order valence-electron chi connectivity index (χ4n) is 1.66. The molecule has 1 fully saturated rings. The highest BCUT2D eigenvalue weighted by molar-refractivity contribution is 4.90. The van der Waals surface area contributed by atoms with E-state index in [4.69, 9.17) is 17.0 Å². The molecule has 1 heterocycles. The van der Waals surface area contributed by atoms with Crippen LogP contribution in [0.15, 0.2) is 0 Å². The van der Waals surface area contributed by atoms with Crippen molar-refractivity contribution in [3.63, 3.8) is 0 Å². The van der Waals surface area contributed by atoms with Crippen molar-refractivity contribution < 1.29 is 4.74 Å². The second kappa shape index (κ2) is 5.98. The molecule has 2 unspecified atom stereocenters. The van der Waals surface area contributed by atoms with Gasteiger partial charge < -0.3 is 4.74 Å². The number of hydrogen-bond acceptors (Lipinski definition) is 3. The molecule has 13 heavy (non-hydrogen) atoms. The Balaban J connectivity index is 2.23. The van der Waals surface area contributed by atoms with Crippen LogP contribution in [0.5, 0.6) is 0 Å². The van der Waals surface area contributed by atoms with E-state index >= 15 is 0 Å². The van der Waals surface area contributed by atoms with Crippen molar-refractivity contribution in [2.75, 3.05) is 6.61 Å². The quantitative estimate of drug-likeness (QED) is 0.384. The van der Waals surface area contributed by atoms with Crippen molar-refractivity contribution in [3.05, 3.63) is 0 Å². The minimum Gasteiger partial charge on any atom is -0.378 e. The summed E-state index contributed by atoms with van der Waals surface area (Å²) in [7, 11) is 0. The molecule has 3 nitrogen and oxygen atoms in total. The molecule has 0 radical (unpaired) electrons. The third-order valence-corrected chi connectivity index (χ3v) is 2.42. The van der Waals surface area contributed by atoms with Crippen LogP contribution >= 0.6 is 0 Å². The number of hydrazine groups is 1. The molecule has 0 aromatic carbocycles. The summed E-state index contributed by atoms with van der Waals surface area (Å²) in [5.41, 5.74) is 2.73. The zero-order chi connectivity index (χ0) is 9.52. The number of hydrogen-bond donors (Lipinski definition) is 2. The Morgan fingerprint density at radius 3 is 3.00 bits per heavy atom. The summed E-state index contributed by atoms with van der Waals surface area (Å²) in [6.45, 7) is 0.887. The van der Waals surface area contributed by atoms with Crippen molar-refractivity contribution in [3.8, 4) is 12.3 Å². The second-order valence-corrected chi connectivity index (χ2v) is 3.50. The summed E-state index contributed by atoms with van der Waals surface area (Å²) in [6, 6.07) is 0.202. The molecule has 3 N–H and O–H groups in total. The topological polar surface area (TPSA) is 47.3 Å². The summed E-state index contributed by atoms with van der Waals surface area (Å²) >= 11 is 0. The lowest BCUT2D eigenvalue weighted by Gasteiger charge is -2.25. The van der Waals surface area contributed by atoms with Crippen LogP contribution in [0.2, 0.25) is 0 Å². The number of terminal acetylenes is 1. The van der Waals surface area contributed by atoms with Crippen LogP contribution < -0.4 is 11.3 Å². The highest BCUT2D eigenvalue weighted by Crippen LogP contribution is 2.17. The Hall–Kier alpha value is -0.560. The van der Waals surface area contributed by atoms with Gasteiger partial charge in [-0.1, -0.05) is 0 Å². The fraction of sp³-hybridized carbons (Fsp3) is 0.800. The van der Waals surface area contributed by atoms with E-state index in [1.165, 1.54) is 12.8 Å². The summed E-state index contributed by atoms with van der Waals surface area (Å²) in [4.78, 5) is 0. The SMILES string of the molecule is C#CCC(CC1CCCCO1)NN. The van der Waals surface area contributed by atoms with E-state index in [1.54, 1.807) is 0 Å². The molecule has 1 aliphatic rings. The molecule has 74 valence electrons. The van der Waals surface area contributed by atoms with Crippen molar-refractivity contribution in [2.24, 2.45) is 5.84 Å². The number of rotatable bonds is 4. The molecule has 1 aliphatic heterocycles. The molecule has 0 aliphatic carbocycles. The molecule has 2 atom stereocenters. The van der Waals surface area contributed by atoms with Gasteiger partial charge in [-0.2, -0.15) is 0 Å². The van der Waals surface area contributed by atoms with E-state index in [0.717, 1.165) is 19.4 Å². The van der Waals surface area contributed by atoms with Gasteiger partial charge >= 0.3 is 0 Å². The number of ether oxygens (including phenoxy) is 1. The van der Waals surface area contributed by atoms with Gasteiger partial charge in [-0.05, 0) is 25.7 Å². The fourth-order valence-corrected chi connectivity index (χ4v) is 1.66. The molecule has 1 saturated heterocycles. The Morgan fingerprint density at radius 2 is 2.46 bits per heavy atom. The van der Waals surface area contributed by atoms with Gasteiger partial charge in [0.1, 0.15) is 0 Å². The average Bonchev–Trinajstić information content (AvgIpc) is 2.19. The van der Waals surface area contributed by atoms with Gasteiger partial charge in [-0.15, -0.1) is 12.3 Å². The zero-order valence-corrected chi connectivity index (χ0v) is 7.96. The van der Waals surface area contributed by atoms with Gasteiger partial charge in [0, 0.05) is 19.1 Å². The third kappa shape index (κ3) is 3.77. The molecule has 1 rings (SSSR count). The monoisotopic (exact) mass is 182 g/mol. The van der Waals surface area contributed by atoms with E-state index in [-0.39, 0.29) is 6.04 Å². The standard InChI is InChI=1S/C10H18N2O/c1-2-5-9(12-11)8-10-6-3-4-7-13-10/h1,9-10,12H,3-8,11H2. The van der Waals surface area contributed by atoms with Crippen LogP contribution in [0.25, 0.3) is 0 Å². The van der Waals surface area contributed by atoms with Crippen LogP contribution in [0, 0.1) is 12.3 Å². The van der Waals surface area contributed by atoms with E-state index in [0.29, 0.717) is 12.5 Å². The molecule has 0 aromatic heterocycles. The largest absolute Gasteiger partial charge is 0.378 e. The van der Waals surface area contributed by atoms with Gasteiger partial charge in [0.2, 0.25) is 0 Å². The van der Waals surface area contributed by atoms with Gasteiger partial charge in [0.15, 0.2) is 0 Å². The first-order valence-electron chi connectivity index (χ1n) is 4.88. The predicted molar refractivity (Wildman–Crippen MR) is 52.8 cm³/mol. The Kier molecular flexibility index (Phi) is 4.84.